The monoisotopic (exact) mass is 279 g/mol. The number of nitrogens with zero attached hydrogens (tertiary/aromatic N) is 2. The van der Waals surface area contributed by atoms with Crippen LogP contribution < -0.4 is 5.32 Å². The maximum absolute atomic E-state index is 9.51. The second-order valence-electron chi connectivity index (χ2n) is 5.55. The Balaban J connectivity index is 2.24. The molecule has 1 rings (SSSR count). The van der Waals surface area contributed by atoms with Crippen LogP contribution in [0.4, 0.5) is 0 Å². The third kappa shape index (κ3) is 5.57. The first kappa shape index (κ1) is 17.1. The van der Waals surface area contributed by atoms with Gasteiger partial charge in [-0.05, 0) is 64.0 Å². The maximum Gasteiger partial charge on any atom is 0.0613 e. The lowest BCUT2D eigenvalue weighted by Crippen LogP contribution is -2.46. The second kappa shape index (κ2) is 9.06. The quantitative estimate of drug-likeness (QED) is 0.684. The summed E-state index contributed by atoms with van der Waals surface area (Å²) in [6.07, 6.45) is 7.82. The molecule has 4 heteroatoms. The van der Waals surface area contributed by atoms with Crippen molar-refractivity contribution in [1.29, 1.82) is 0 Å². The van der Waals surface area contributed by atoms with Gasteiger partial charge in [0.05, 0.1) is 6.61 Å². The van der Waals surface area contributed by atoms with Crippen LogP contribution in [0.5, 0.6) is 0 Å². The number of aliphatic hydroxyl groups is 1. The smallest absolute Gasteiger partial charge is 0.0613 e. The molecular formula is C16H29N3O. The van der Waals surface area contributed by atoms with E-state index in [1.165, 1.54) is 5.56 Å². The third-order valence-corrected chi connectivity index (χ3v) is 4.24. The van der Waals surface area contributed by atoms with E-state index in [4.69, 9.17) is 0 Å². The molecule has 1 aromatic rings. The lowest BCUT2D eigenvalue weighted by Gasteiger charge is -2.31. The van der Waals surface area contributed by atoms with Gasteiger partial charge in [0, 0.05) is 24.5 Å². The van der Waals surface area contributed by atoms with Gasteiger partial charge in [0.2, 0.25) is 0 Å². The summed E-state index contributed by atoms with van der Waals surface area (Å²) >= 11 is 0. The van der Waals surface area contributed by atoms with E-state index in [1.807, 2.05) is 19.4 Å². The van der Waals surface area contributed by atoms with Crippen molar-refractivity contribution in [3.63, 3.8) is 0 Å². The molecule has 0 aliphatic carbocycles. The van der Waals surface area contributed by atoms with Crippen LogP contribution in [0.3, 0.4) is 0 Å². The first-order chi connectivity index (χ1) is 9.65. The van der Waals surface area contributed by atoms with Crippen molar-refractivity contribution >= 4 is 0 Å². The summed E-state index contributed by atoms with van der Waals surface area (Å²) in [4.78, 5) is 6.39. The molecule has 114 valence electrons. The average molecular weight is 279 g/mol. The Bertz CT molecular complexity index is 344. The highest BCUT2D eigenvalue weighted by Crippen LogP contribution is 2.16. The van der Waals surface area contributed by atoms with Crippen LogP contribution >= 0.6 is 0 Å². The van der Waals surface area contributed by atoms with Gasteiger partial charge in [-0.2, -0.15) is 0 Å². The average Bonchev–Trinajstić information content (AvgIpc) is 2.51. The minimum Gasteiger partial charge on any atom is -0.394 e. The molecule has 0 aliphatic rings. The topological polar surface area (TPSA) is 48.4 Å². The van der Waals surface area contributed by atoms with Gasteiger partial charge in [0.15, 0.2) is 0 Å². The Morgan fingerprint density at radius 2 is 2.00 bits per heavy atom. The number of hydrogen-bond donors (Lipinski definition) is 2. The van der Waals surface area contributed by atoms with E-state index in [9.17, 15) is 5.11 Å². The molecule has 0 saturated heterocycles. The van der Waals surface area contributed by atoms with Gasteiger partial charge in [-0.3, -0.25) is 4.98 Å². The minimum absolute atomic E-state index is 0.105. The van der Waals surface area contributed by atoms with Crippen LogP contribution in [-0.2, 0) is 6.42 Å². The van der Waals surface area contributed by atoms with Crippen LogP contribution in [0, 0.1) is 0 Å². The summed E-state index contributed by atoms with van der Waals surface area (Å²) in [5.74, 6) is 0. The molecule has 20 heavy (non-hydrogen) atoms. The molecule has 4 nitrogen and oxygen atoms in total. The van der Waals surface area contributed by atoms with Crippen molar-refractivity contribution in [2.75, 3.05) is 33.8 Å². The molecule has 0 spiro atoms. The second-order valence-corrected chi connectivity index (χ2v) is 5.55. The summed E-state index contributed by atoms with van der Waals surface area (Å²) < 4.78 is 0. The molecule has 0 aliphatic heterocycles. The van der Waals surface area contributed by atoms with Gasteiger partial charge in [0.1, 0.15) is 0 Å². The standard InChI is InChI=1S/C16H29N3O/c1-4-16(14-20,17-2)9-5-12-19(3)13-8-15-6-10-18-11-7-15/h6-7,10-11,17,20H,4-5,8-9,12-14H2,1-3H3. The van der Waals surface area contributed by atoms with E-state index in [-0.39, 0.29) is 12.1 Å². The van der Waals surface area contributed by atoms with Crippen LogP contribution in [0.1, 0.15) is 31.7 Å². The number of rotatable bonds is 10. The summed E-state index contributed by atoms with van der Waals surface area (Å²) in [7, 11) is 4.10. The molecule has 0 aromatic carbocycles. The Labute approximate surface area is 123 Å². The van der Waals surface area contributed by atoms with E-state index in [0.29, 0.717) is 0 Å². The first-order valence-electron chi connectivity index (χ1n) is 7.53. The summed E-state index contributed by atoms with van der Waals surface area (Å²) in [5, 5.41) is 12.8. The van der Waals surface area contributed by atoms with Crippen LogP contribution in [-0.4, -0.2) is 54.3 Å². The Morgan fingerprint density at radius 3 is 2.55 bits per heavy atom. The van der Waals surface area contributed by atoms with Crippen LogP contribution in [0.2, 0.25) is 0 Å². The van der Waals surface area contributed by atoms with Crippen LogP contribution in [0.25, 0.3) is 0 Å². The predicted octanol–water partition coefficient (Wildman–Crippen LogP) is 1.70. The first-order valence-corrected chi connectivity index (χ1v) is 7.53. The zero-order valence-electron chi connectivity index (χ0n) is 13.1. The van der Waals surface area contributed by atoms with Gasteiger partial charge in [-0.15, -0.1) is 0 Å². The van der Waals surface area contributed by atoms with E-state index >= 15 is 0 Å². The van der Waals surface area contributed by atoms with Crippen molar-refractivity contribution < 1.29 is 5.11 Å². The van der Waals surface area contributed by atoms with Crippen molar-refractivity contribution in [2.45, 2.75) is 38.1 Å². The summed E-state index contributed by atoms with van der Waals surface area (Å²) in [6, 6.07) is 4.14. The molecular weight excluding hydrogens is 250 g/mol. The number of nitrogens with one attached hydrogen (secondary N) is 1. The van der Waals surface area contributed by atoms with E-state index in [2.05, 4.69) is 41.3 Å². The highest BCUT2D eigenvalue weighted by atomic mass is 16.3. The Kier molecular flexibility index (Phi) is 7.73. The van der Waals surface area contributed by atoms with Gasteiger partial charge in [-0.25, -0.2) is 0 Å². The molecule has 1 aromatic heterocycles. The van der Waals surface area contributed by atoms with Gasteiger partial charge in [-0.1, -0.05) is 6.92 Å². The lowest BCUT2D eigenvalue weighted by atomic mass is 9.91. The Morgan fingerprint density at radius 1 is 1.30 bits per heavy atom. The molecule has 1 unspecified atom stereocenters. The zero-order valence-corrected chi connectivity index (χ0v) is 13.1. The normalized spacial score (nSPS) is 14.4. The largest absolute Gasteiger partial charge is 0.394 e. The molecule has 0 fully saturated rings. The fraction of sp³-hybridized carbons (Fsp3) is 0.688. The molecule has 0 bridgehead atoms. The lowest BCUT2D eigenvalue weighted by molar-refractivity contribution is 0.148. The molecule has 1 heterocycles. The van der Waals surface area contributed by atoms with Crippen molar-refractivity contribution in [3.05, 3.63) is 30.1 Å². The highest BCUT2D eigenvalue weighted by Gasteiger charge is 2.24. The third-order valence-electron chi connectivity index (χ3n) is 4.24. The summed E-state index contributed by atoms with van der Waals surface area (Å²) in [6.45, 7) is 4.46. The number of aromatic nitrogens is 1. The van der Waals surface area contributed by atoms with E-state index in [0.717, 1.165) is 38.8 Å². The number of pyridine rings is 1. The van der Waals surface area contributed by atoms with Crippen LogP contribution in [0.15, 0.2) is 24.5 Å². The Hall–Kier alpha value is -0.970. The molecule has 2 N–H and O–H groups in total. The number of aliphatic hydroxyl groups excluding tert-OH is 1. The van der Waals surface area contributed by atoms with Gasteiger partial charge in [0.25, 0.3) is 0 Å². The van der Waals surface area contributed by atoms with Gasteiger partial charge < -0.3 is 15.3 Å². The maximum atomic E-state index is 9.51. The fourth-order valence-corrected chi connectivity index (χ4v) is 2.42. The molecule has 0 saturated carbocycles. The van der Waals surface area contributed by atoms with Crippen molar-refractivity contribution in [3.8, 4) is 0 Å². The summed E-state index contributed by atoms with van der Waals surface area (Å²) in [5.41, 5.74) is 1.23. The molecule has 0 amide bonds. The van der Waals surface area contributed by atoms with Crippen molar-refractivity contribution in [2.24, 2.45) is 0 Å². The predicted molar refractivity (Wildman–Crippen MR) is 83.8 cm³/mol. The van der Waals surface area contributed by atoms with Crippen molar-refractivity contribution in [1.82, 2.24) is 15.2 Å². The van der Waals surface area contributed by atoms with E-state index < -0.39 is 0 Å². The molecule has 1 atom stereocenters. The fourth-order valence-electron chi connectivity index (χ4n) is 2.42. The minimum atomic E-state index is -0.105. The SMILES string of the molecule is CCC(CO)(CCCN(C)CCc1ccncc1)NC. The number of hydrogen-bond acceptors (Lipinski definition) is 4. The molecule has 0 radical (unpaired) electrons. The zero-order chi connectivity index (χ0) is 14.8. The number of likely N-dealkylation sites (N-methyl/N-ethyl adjacent to an activating group) is 2. The van der Waals surface area contributed by atoms with Gasteiger partial charge >= 0.3 is 0 Å². The van der Waals surface area contributed by atoms with E-state index in [1.54, 1.807) is 0 Å². The highest BCUT2D eigenvalue weighted by molar-refractivity contribution is 5.09.